The Morgan fingerprint density at radius 1 is 1.02 bits per heavy atom. The fourth-order valence-electron chi connectivity index (χ4n) is 5.42. The van der Waals surface area contributed by atoms with Crippen LogP contribution >= 0.6 is 0 Å². The minimum absolute atomic E-state index is 0.0155. The number of carbonyl (C=O) groups is 4. The van der Waals surface area contributed by atoms with Gasteiger partial charge in [-0.3, -0.25) is 19.3 Å². The first-order valence-electron chi connectivity index (χ1n) is 14.3. The largest absolute Gasteiger partial charge is 0.454 e. The highest BCUT2D eigenvalue weighted by Gasteiger charge is 2.60. The molecule has 9 heteroatoms. The summed E-state index contributed by atoms with van der Waals surface area (Å²) in [5, 5.41) is -0.0875. The van der Waals surface area contributed by atoms with Crippen molar-refractivity contribution in [3.05, 3.63) is 35.4 Å². The van der Waals surface area contributed by atoms with Crippen molar-refractivity contribution >= 4 is 31.9 Å². The van der Waals surface area contributed by atoms with Crippen molar-refractivity contribution in [3.8, 4) is 0 Å². The fraction of sp³-hybridized carbons (Fsp3) is 0.677. The van der Waals surface area contributed by atoms with Crippen molar-refractivity contribution in [3.63, 3.8) is 0 Å². The van der Waals surface area contributed by atoms with Gasteiger partial charge in [0.2, 0.25) is 5.91 Å². The Kier molecular flexibility index (Phi) is 9.53. The molecule has 5 atom stereocenters. The van der Waals surface area contributed by atoms with E-state index in [1.165, 1.54) is 7.11 Å². The van der Waals surface area contributed by atoms with Crippen LogP contribution in [0.5, 0.6) is 0 Å². The maximum Gasteiger partial charge on any atom is 0.397 e. The monoisotopic (exact) mass is 573 g/mol. The SMILES string of the molecule is CO[C@H]1CCC[C@H]([C@@H]2[C@@H]([C@@H](C)O[Si](C)(C)C(C)(C)C)C(=O)N2C(=O)C(=O)OCc2ccc(C(C)(C)C)cc2)C1=O. The first kappa shape index (κ1) is 32.2. The molecule has 1 aromatic carbocycles. The van der Waals surface area contributed by atoms with Gasteiger partial charge in [-0.25, -0.2) is 4.79 Å². The van der Waals surface area contributed by atoms with Gasteiger partial charge >= 0.3 is 11.9 Å². The number of ether oxygens (including phenoxy) is 2. The van der Waals surface area contributed by atoms with Gasteiger partial charge in [0.05, 0.1) is 18.1 Å². The quantitative estimate of drug-likeness (QED) is 0.192. The van der Waals surface area contributed by atoms with Crippen LogP contribution in [-0.2, 0) is 45.1 Å². The van der Waals surface area contributed by atoms with E-state index in [-0.39, 0.29) is 22.8 Å². The average molecular weight is 574 g/mol. The molecule has 0 spiro atoms. The zero-order valence-corrected chi connectivity index (χ0v) is 26.8. The molecule has 2 amide bonds. The van der Waals surface area contributed by atoms with Gasteiger partial charge in [-0.15, -0.1) is 0 Å². The Balaban J connectivity index is 1.80. The highest BCUT2D eigenvalue weighted by molar-refractivity contribution is 6.74. The van der Waals surface area contributed by atoms with E-state index in [2.05, 4.69) is 54.6 Å². The summed E-state index contributed by atoms with van der Waals surface area (Å²) in [7, 11) is -0.761. The van der Waals surface area contributed by atoms with Crippen LogP contribution in [0.3, 0.4) is 0 Å². The van der Waals surface area contributed by atoms with Gasteiger partial charge in [0, 0.05) is 13.0 Å². The molecule has 2 aliphatic rings. The first-order chi connectivity index (χ1) is 18.4. The number of rotatable bonds is 7. The number of likely N-dealkylation sites (tertiary alicyclic amines) is 1. The number of amides is 2. The number of imide groups is 1. The van der Waals surface area contributed by atoms with E-state index in [1.807, 2.05) is 31.2 Å². The van der Waals surface area contributed by atoms with Crippen molar-refractivity contribution in [2.75, 3.05) is 7.11 Å². The Morgan fingerprint density at radius 2 is 1.62 bits per heavy atom. The molecule has 0 radical (unpaired) electrons. The lowest BCUT2D eigenvalue weighted by atomic mass is 9.69. The highest BCUT2D eigenvalue weighted by atomic mass is 28.4. The van der Waals surface area contributed by atoms with Crippen LogP contribution in [-0.4, -0.2) is 62.1 Å². The second kappa shape index (κ2) is 11.9. The average Bonchev–Trinajstić information content (AvgIpc) is 2.84. The second-order valence-corrected chi connectivity index (χ2v) is 18.6. The van der Waals surface area contributed by atoms with E-state index in [0.29, 0.717) is 12.8 Å². The molecule has 40 heavy (non-hydrogen) atoms. The molecule has 222 valence electrons. The molecule has 1 saturated heterocycles. The number of nitrogens with zero attached hydrogens (tertiary/aromatic N) is 1. The Hall–Kier alpha value is -2.36. The molecular weight excluding hydrogens is 526 g/mol. The Morgan fingerprint density at radius 3 is 2.15 bits per heavy atom. The standard InChI is InChI=1S/C31H47NO7Si/c1-19(39-40(9,10)31(5,6)7)24-25(22-12-11-13-23(37-8)26(22)33)32(27(24)34)28(35)29(36)38-18-20-14-16-21(17-15-20)30(2,3)4/h14-17,19,22-25H,11-13,18H2,1-10H3/t19-,22-,23+,24-,25-/m1/s1. The minimum atomic E-state index is -2.25. The smallest absolute Gasteiger partial charge is 0.397 e. The number of β-lactam (4-membered cyclic amide) rings is 1. The third-order valence-electron chi connectivity index (χ3n) is 8.93. The Labute approximate surface area is 240 Å². The summed E-state index contributed by atoms with van der Waals surface area (Å²) in [5.41, 5.74) is 1.86. The summed E-state index contributed by atoms with van der Waals surface area (Å²) in [4.78, 5) is 54.0. The summed E-state index contributed by atoms with van der Waals surface area (Å²) in [5.74, 6) is -4.11. The summed E-state index contributed by atoms with van der Waals surface area (Å²) in [6, 6.07) is 6.88. The van der Waals surface area contributed by atoms with Gasteiger partial charge in [-0.2, -0.15) is 0 Å². The third-order valence-corrected chi connectivity index (χ3v) is 13.5. The first-order valence-corrected chi connectivity index (χ1v) is 17.2. The van der Waals surface area contributed by atoms with Crippen molar-refractivity contribution < 1.29 is 33.1 Å². The lowest BCUT2D eigenvalue weighted by molar-refractivity contribution is -0.185. The normalized spacial score (nSPS) is 24.9. The second-order valence-electron chi connectivity index (χ2n) is 13.8. The number of hydrogen-bond donors (Lipinski definition) is 0. The van der Waals surface area contributed by atoms with E-state index in [0.717, 1.165) is 22.4 Å². The molecule has 0 aromatic heterocycles. The number of carbonyl (C=O) groups excluding carboxylic acids is 4. The lowest BCUT2D eigenvalue weighted by Gasteiger charge is -2.53. The molecule has 2 fully saturated rings. The van der Waals surface area contributed by atoms with Crippen molar-refractivity contribution in [1.82, 2.24) is 4.90 Å². The summed E-state index contributed by atoms with van der Waals surface area (Å²) >= 11 is 0. The molecule has 0 N–H and O–H groups in total. The van der Waals surface area contributed by atoms with Gasteiger partial charge < -0.3 is 13.9 Å². The number of esters is 1. The van der Waals surface area contributed by atoms with Gasteiger partial charge in [-0.1, -0.05) is 65.8 Å². The van der Waals surface area contributed by atoms with Gasteiger partial charge in [0.15, 0.2) is 14.1 Å². The number of benzene rings is 1. The molecule has 1 saturated carbocycles. The predicted molar refractivity (Wildman–Crippen MR) is 155 cm³/mol. The molecule has 1 aliphatic carbocycles. The molecule has 0 unspecified atom stereocenters. The molecular formula is C31H47NO7Si. The fourth-order valence-corrected chi connectivity index (χ4v) is 6.85. The molecule has 1 aromatic rings. The predicted octanol–water partition coefficient (Wildman–Crippen LogP) is 5.18. The molecule has 1 aliphatic heterocycles. The molecule has 1 heterocycles. The highest BCUT2D eigenvalue weighted by Crippen LogP contribution is 2.44. The van der Waals surface area contributed by atoms with E-state index >= 15 is 0 Å². The van der Waals surface area contributed by atoms with Crippen LogP contribution in [0, 0.1) is 11.8 Å². The van der Waals surface area contributed by atoms with E-state index in [1.54, 1.807) is 0 Å². The van der Waals surface area contributed by atoms with E-state index in [4.69, 9.17) is 13.9 Å². The van der Waals surface area contributed by atoms with Crippen LogP contribution in [0.15, 0.2) is 24.3 Å². The topological polar surface area (TPSA) is 99.2 Å². The van der Waals surface area contributed by atoms with Crippen molar-refractivity contribution in [2.24, 2.45) is 11.8 Å². The van der Waals surface area contributed by atoms with Crippen molar-refractivity contribution in [1.29, 1.82) is 0 Å². The van der Waals surface area contributed by atoms with Crippen LogP contribution in [0.4, 0.5) is 0 Å². The minimum Gasteiger partial charge on any atom is -0.454 e. The lowest BCUT2D eigenvalue weighted by Crippen LogP contribution is -2.72. The molecule has 3 rings (SSSR count). The van der Waals surface area contributed by atoms with Crippen LogP contribution in [0.2, 0.25) is 18.1 Å². The molecule has 8 nitrogen and oxygen atoms in total. The van der Waals surface area contributed by atoms with Crippen LogP contribution in [0.25, 0.3) is 0 Å². The zero-order valence-electron chi connectivity index (χ0n) is 25.8. The maximum absolute atomic E-state index is 13.5. The summed E-state index contributed by atoms with van der Waals surface area (Å²) in [6.07, 6.45) is 0.721. The van der Waals surface area contributed by atoms with Crippen LogP contribution in [0.1, 0.15) is 78.9 Å². The number of Topliss-reactive ketones (excluding diaryl/α,β-unsaturated/α-hetero) is 1. The maximum atomic E-state index is 13.5. The van der Waals surface area contributed by atoms with Gasteiger partial charge in [0.1, 0.15) is 12.7 Å². The Bertz CT molecular complexity index is 1120. The summed E-state index contributed by atoms with van der Waals surface area (Å²) in [6.45, 7) is 18.6. The van der Waals surface area contributed by atoms with Crippen molar-refractivity contribution in [2.45, 2.75) is 116 Å². The third kappa shape index (κ3) is 6.58. The molecule has 0 bridgehead atoms. The zero-order chi connectivity index (χ0) is 30.2. The van der Waals surface area contributed by atoms with Gasteiger partial charge in [0.25, 0.3) is 0 Å². The van der Waals surface area contributed by atoms with Crippen LogP contribution < -0.4 is 0 Å². The van der Waals surface area contributed by atoms with Gasteiger partial charge in [-0.05, 0) is 60.9 Å². The number of hydrogen-bond acceptors (Lipinski definition) is 7. The number of ketones is 1. The van der Waals surface area contributed by atoms with E-state index < -0.39 is 56.2 Å². The summed E-state index contributed by atoms with van der Waals surface area (Å²) < 4.78 is 17.3. The van der Waals surface area contributed by atoms with E-state index in [9.17, 15) is 19.2 Å². The number of methoxy groups -OCH3 is 1.